The molecule has 2 amide bonds. The second-order valence-electron chi connectivity index (χ2n) is 7.58. The Hall–Kier alpha value is -3.60. The van der Waals surface area contributed by atoms with Crippen molar-refractivity contribution in [2.45, 2.75) is 45.0 Å². The highest BCUT2D eigenvalue weighted by molar-refractivity contribution is 6.31. The number of halogens is 4. The van der Waals surface area contributed by atoms with Gasteiger partial charge in [-0.05, 0) is 36.6 Å². The van der Waals surface area contributed by atoms with Crippen molar-refractivity contribution >= 4 is 29.3 Å². The van der Waals surface area contributed by atoms with Crippen molar-refractivity contribution in [1.29, 1.82) is 0 Å². The number of alkyl carbamates (subject to hydrolysis) is 1. The second-order valence-corrected chi connectivity index (χ2v) is 7.99. The molecular weight excluding hydrogens is 489 g/mol. The van der Waals surface area contributed by atoms with Crippen molar-refractivity contribution in [2.24, 2.45) is 0 Å². The van der Waals surface area contributed by atoms with Gasteiger partial charge in [0.25, 0.3) is 0 Å². The van der Waals surface area contributed by atoms with Gasteiger partial charge in [-0.3, -0.25) is 4.79 Å². The number of hydrogen-bond donors (Lipinski definition) is 2. The van der Waals surface area contributed by atoms with Crippen LogP contribution in [0.15, 0.2) is 53.1 Å². The molecule has 8 nitrogen and oxygen atoms in total. The van der Waals surface area contributed by atoms with E-state index in [1.165, 1.54) is 0 Å². The molecule has 12 heteroatoms. The number of aryl methyl sites for hydroxylation is 1. The molecule has 1 heterocycles. The largest absolute Gasteiger partial charge is 0.445 e. The van der Waals surface area contributed by atoms with E-state index in [9.17, 15) is 22.8 Å². The third kappa shape index (κ3) is 7.99. The normalized spacial score (nSPS) is 12.1. The number of alkyl halides is 3. The van der Waals surface area contributed by atoms with Gasteiger partial charge in [-0.25, -0.2) is 4.79 Å². The number of anilines is 1. The van der Waals surface area contributed by atoms with Crippen molar-refractivity contribution in [3.63, 3.8) is 0 Å². The minimum absolute atomic E-state index is 0.0102. The number of amides is 2. The monoisotopic (exact) mass is 510 g/mol. The number of ether oxygens (including phenoxy) is 1. The van der Waals surface area contributed by atoms with E-state index in [2.05, 4.69) is 15.5 Å². The first-order valence-electron chi connectivity index (χ1n) is 10.5. The number of nitrogens with zero attached hydrogens (tertiary/aromatic N) is 2. The van der Waals surface area contributed by atoms with E-state index in [0.717, 1.165) is 0 Å². The molecule has 35 heavy (non-hydrogen) atoms. The van der Waals surface area contributed by atoms with Crippen LogP contribution in [0.3, 0.4) is 0 Å². The van der Waals surface area contributed by atoms with Gasteiger partial charge >= 0.3 is 12.3 Å². The van der Waals surface area contributed by atoms with Crippen LogP contribution in [0.2, 0.25) is 5.02 Å². The second kappa shape index (κ2) is 11.7. The van der Waals surface area contributed by atoms with Crippen LogP contribution in [0, 0.1) is 6.92 Å². The molecule has 2 aromatic carbocycles. The first-order chi connectivity index (χ1) is 16.6. The summed E-state index contributed by atoms with van der Waals surface area (Å²) < 4.78 is 50.0. The molecule has 3 rings (SSSR count). The molecule has 0 saturated heterocycles. The van der Waals surface area contributed by atoms with Crippen LogP contribution in [0.1, 0.15) is 29.3 Å². The molecule has 0 aliphatic rings. The lowest BCUT2D eigenvalue weighted by molar-refractivity contribution is -0.155. The number of rotatable bonds is 9. The fourth-order valence-electron chi connectivity index (χ4n) is 3.04. The SMILES string of the molecule is Cc1c(Cl)cccc1NC(=O)Cc1noc(CC[C@H](NC(=O)OCc2ccccc2)C(F)(F)F)n1. The van der Waals surface area contributed by atoms with Crippen LogP contribution < -0.4 is 10.6 Å². The highest BCUT2D eigenvalue weighted by Crippen LogP contribution is 2.25. The van der Waals surface area contributed by atoms with E-state index in [-0.39, 0.29) is 31.2 Å². The van der Waals surface area contributed by atoms with Crippen LogP contribution in [0.25, 0.3) is 0 Å². The molecule has 0 bridgehead atoms. The molecular formula is C23H22ClF3N4O4. The standard InChI is InChI=1S/C23H22ClF3N4O4/c1-14-16(24)8-5-9-17(14)28-20(32)12-19-30-21(35-31-19)11-10-18(23(25,26)27)29-22(33)34-13-15-6-3-2-4-7-15/h2-9,18H,10-13H2,1H3,(H,28,32)(H,29,33)/t18-/m0/s1. The fraction of sp³-hybridized carbons (Fsp3) is 0.304. The fourth-order valence-corrected chi connectivity index (χ4v) is 3.21. The van der Waals surface area contributed by atoms with Gasteiger partial charge in [0, 0.05) is 17.1 Å². The summed E-state index contributed by atoms with van der Waals surface area (Å²) in [6.07, 6.45) is -6.99. The summed E-state index contributed by atoms with van der Waals surface area (Å²) in [5.74, 6) is -0.532. The van der Waals surface area contributed by atoms with E-state index in [0.29, 0.717) is 21.8 Å². The first kappa shape index (κ1) is 26.0. The Morgan fingerprint density at radius 3 is 2.60 bits per heavy atom. The highest BCUT2D eigenvalue weighted by atomic mass is 35.5. The van der Waals surface area contributed by atoms with Gasteiger partial charge in [-0.1, -0.05) is 53.2 Å². The Morgan fingerprint density at radius 1 is 1.14 bits per heavy atom. The Kier molecular flexibility index (Phi) is 8.69. The average molecular weight is 511 g/mol. The summed E-state index contributed by atoms with van der Waals surface area (Å²) in [6, 6.07) is 11.4. The zero-order valence-corrected chi connectivity index (χ0v) is 19.3. The molecule has 0 saturated carbocycles. The summed E-state index contributed by atoms with van der Waals surface area (Å²) in [7, 11) is 0. The number of carbonyl (C=O) groups excluding carboxylic acids is 2. The maximum atomic E-state index is 13.4. The van der Waals surface area contributed by atoms with Gasteiger partial charge < -0.3 is 19.9 Å². The van der Waals surface area contributed by atoms with E-state index in [1.807, 2.05) is 5.32 Å². The third-order valence-corrected chi connectivity index (χ3v) is 5.33. The third-order valence-electron chi connectivity index (χ3n) is 4.92. The Bertz CT molecular complexity index is 1160. The molecule has 0 fully saturated rings. The number of hydrogen-bond acceptors (Lipinski definition) is 6. The average Bonchev–Trinajstić information content (AvgIpc) is 3.25. The van der Waals surface area contributed by atoms with Crippen LogP contribution in [0.4, 0.5) is 23.7 Å². The highest BCUT2D eigenvalue weighted by Gasteiger charge is 2.41. The van der Waals surface area contributed by atoms with Crippen molar-refractivity contribution in [2.75, 3.05) is 5.32 Å². The molecule has 0 unspecified atom stereocenters. The van der Waals surface area contributed by atoms with Crippen LogP contribution in [-0.2, 0) is 29.0 Å². The van der Waals surface area contributed by atoms with Gasteiger partial charge in [0.2, 0.25) is 11.8 Å². The molecule has 0 radical (unpaired) electrons. The molecule has 0 spiro atoms. The lowest BCUT2D eigenvalue weighted by atomic mass is 10.1. The minimum Gasteiger partial charge on any atom is -0.445 e. The van der Waals surface area contributed by atoms with Crippen molar-refractivity contribution < 1.29 is 32.0 Å². The maximum Gasteiger partial charge on any atom is 0.408 e. The first-order valence-corrected chi connectivity index (χ1v) is 10.9. The molecule has 3 aromatic rings. The Labute approximate surface area is 203 Å². The smallest absolute Gasteiger partial charge is 0.408 e. The molecule has 1 atom stereocenters. The molecule has 0 aliphatic carbocycles. The summed E-state index contributed by atoms with van der Waals surface area (Å²) in [4.78, 5) is 28.1. The van der Waals surface area contributed by atoms with E-state index < -0.39 is 30.6 Å². The Balaban J connectivity index is 1.51. The lowest BCUT2D eigenvalue weighted by Crippen LogP contribution is -2.45. The van der Waals surface area contributed by atoms with Crippen molar-refractivity contribution in [3.8, 4) is 0 Å². The zero-order valence-electron chi connectivity index (χ0n) is 18.6. The molecule has 0 aliphatic heterocycles. The number of carbonyl (C=O) groups is 2. The van der Waals surface area contributed by atoms with Gasteiger partial charge in [0.1, 0.15) is 12.6 Å². The predicted molar refractivity (Wildman–Crippen MR) is 121 cm³/mol. The van der Waals surface area contributed by atoms with E-state index >= 15 is 0 Å². The van der Waals surface area contributed by atoms with Gasteiger partial charge in [0.15, 0.2) is 5.82 Å². The van der Waals surface area contributed by atoms with Gasteiger partial charge in [-0.15, -0.1) is 0 Å². The maximum absolute atomic E-state index is 13.4. The topological polar surface area (TPSA) is 106 Å². The van der Waals surface area contributed by atoms with E-state index in [1.54, 1.807) is 55.5 Å². The van der Waals surface area contributed by atoms with E-state index in [4.69, 9.17) is 20.9 Å². The number of aromatic nitrogens is 2. The summed E-state index contributed by atoms with van der Waals surface area (Å²) >= 11 is 6.03. The summed E-state index contributed by atoms with van der Waals surface area (Å²) in [5.41, 5.74) is 1.84. The molecule has 2 N–H and O–H groups in total. The number of benzene rings is 2. The molecule has 1 aromatic heterocycles. The van der Waals surface area contributed by atoms with Crippen LogP contribution in [-0.4, -0.2) is 34.4 Å². The zero-order chi connectivity index (χ0) is 25.4. The summed E-state index contributed by atoms with van der Waals surface area (Å²) in [5, 5.41) is 8.61. The summed E-state index contributed by atoms with van der Waals surface area (Å²) in [6.45, 7) is 1.58. The van der Waals surface area contributed by atoms with Crippen molar-refractivity contribution in [1.82, 2.24) is 15.5 Å². The van der Waals surface area contributed by atoms with Gasteiger partial charge in [0.05, 0.1) is 6.42 Å². The Morgan fingerprint density at radius 2 is 1.89 bits per heavy atom. The van der Waals surface area contributed by atoms with Crippen molar-refractivity contribution in [3.05, 3.63) is 76.4 Å². The molecule has 186 valence electrons. The minimum atomic E-state index is -4.72. The lowest BCUT2D eigenvalue weighted by Gasteiger charge is -2.20. The number of nitrogens with one attached hydrogen (secondary N) is 2. The quantitative estimate of drug-likeness (QED) is 0.419. The van der Waals surface area contributed by atoms with Gasteiger partial charge in [-0.2, -0.15) is 18.2 Å². The predicted octanol–water partition coefficient (Wildman–Crippen LogP) is 5.00. The van der Waals surface area contributed by atoms with Crippen LogP contribution >= 0.6 is 11.6 Å². The van der Waals surface area contributed by atoms with Crippen LogP contribution in [0.5, 0.6) is 0 Å².